The lowest BCUT2D eigenvalue weighted by atomic mass is 10.1. The molecule has 0 aliphatic heterocycles. The van der Waals surface area contributed by atoms with Gasteiger partial charge in [0.05, 0.1) is 12.2 Å². The van der Waals surface area contributed by atoms with Gasteiger partial charge in [0.1, 0.15) is 11.6 Å². The summed E-state index contributed by atoms with van der Waals surface area (Å²) in [4.78, 5) is 0. The molecule has 24 heavy (non-hydrogen) atoms. The Kier molecular flexibility index (Phi) is 10.3. The molecule has 0 aliphatic rings. The lowest BCUT2D eigenvalue weighted by Crippen LogP contribution is -2.28. The van der Waals surface area contributed by atoms with E-state index in [1.165, 1.54) is 12.1 Å². The molecular formula is C18H30F2O3Si. The van der Waals surface area contributed by atoms with Crippen molar-refractivity contribution < 1.29 is 22.7 Å². The molecule has 0 saturated carbocycles. The number of benzene rings is 1. The van der Waals surface area contributed by atoms with Crippen LogP contribution in [-0.4, -0.2) is 28.4 Å². The van der Waals surface area contributed by atoms with E-state index in [0.717, 1.165) is 36.9 Å². The Labute approximate surface area is 146 Å². The first-order valence-corrected chi connectivity index (χ1v) is 10.3. The summed E-state index contributed by atoms with van der Waals surface area (Å²) in [5.41, 5.74) is 0.719. The first-order valence-electron chi connectivity index (χ1n) is 8.74. The van der Waals surface area contributed by atoms with Crippen LogP contribution in [0.25, 0.3) is 0 Å². The topological polar surface area (TPSA) is 27.7 Å². The molecule has 0 fully saturated rings. The minimum absolute atomic E-state index is 0.0643. The SMILES string of the molecule is CC(C)OC(O[SiH2]CCCCCc1cc(F)cc(F)c1)OC(C)C. The quantitative estimate of drug-likeness (QED) is 0.315. The maximum Gasteiger partial charge on any atom is 0.262 e. The number of hydrogen-bond acceptors (Lipinski definition) is 3. The van der Waals surface area contributed by atoms with Crippen LogP contribution in [-0.2, 0) is 20.3 Å². The van der Waals surface area contributed by atoms with Gasteiger partial charge in [-0.05, 0) is 64.3 Å². The first kappa shape index (κ1) is 21.2. The van der Waals surface area contributed by atoms with Gasteiger partial charge in [-0.15, -0.1) is 0 Å². The fourth-order valence-corrected chi connectivity index (χ4v) is 3.35. The van der Waals surface area contributed by atoms with Crippen molar-refractivity contribution in [3.05, 3.63) is 35.4 Å². The summed E-state index contributed by atoms with van der Waals surface area (Å²) in [6.45, 7) is 7.26. The summed E-state index contributed by atoms with van der Waals surface area (Å²) >= 11 is 0. The molecule has 0 aliphatic carbocycles. The van der Waals surface area contributed by atoms with Crippen molar-refractivity contribution in [2.24, 2.45) is 0 Å². The van der Waals surface area contributed by atoms with E-state index in [2.05, 4.69) is 0 Å². The molecule has 0 aromatic heterocycles. The van der Waals surface area contributed by atoms with Crippen molar-refractivity contribution in [3.8, 4) is 0 Å². The van der Waals surface area contributed by atoms with Crippen molar-refractivity contribution in [3.63, 3.8) is 0 Å². The average molecular weight is 361 g/mol. The van der Waals surface area contributed by atoms with E-state index in [1.807, 2.05) is 27.7 Å². The number of hydrogen-bond donors (Lipinski definition) is 0. The van der Waals surface area contributed by atoms with E-state index in [1.54, 1.807) is 0 Å². The highest BCUT2D eigenvalue weighted by molar-refractivity contribution is 6.27. The van der Waals surface area contributed by atoms with Crippen LogP contribution in [0.15, 0.2) is 18.2 Å². The second-order valence-corrected chi connectivity index (χ2v) is 7.92. The summed E-state index contributed by atoms with van der Waals surface area (Å²) in [7, 11) is -0.696. The molecule has 6 heteroatoms. The van der Waals surface area contributed by atoms with Crippen LogP contribution in [0.3, 0.4) is 0 Å². The van der Waals surface area contributed by atoms with Crippen molar-refractivity contribution >= 4 is 9.76 Å². The number of aryl methyl sites for hydroxylation is 1. The van der Waals surface area contributed by atoms with Gasteiger partial charge in [0.2, 0.25) is 0 Å². The molecule has 1 aromatic carbocycles. The Balaban J connectivity index is 2.14. The zero-order valence-electron chi connectivity index (χ0n) is 15.2. The molecule has 3 nitrogen and oxygen atoms in total. The van der Waals surface area contributed by atoms with Gasteiger partial charge in [0.25, 0.3) is 6.48 Å². The Morgan fingerprint density at radius 1 is 0.875 bits per heavy atom. The van der Waals surface area contributed by atoms with Gasteiger partial charge in [-0.25, -0.2) is 8.78 Å². The van der Waals surface area contributed by atoms with Gasteiger partial charge < -0.3 is 13.9 Å². The van der Waals surface area contributed by atoms with Crippen LogP contribution in [0.2, 0.25) is 6.04 Å². The molecule has 0 saturated heterocycles. The van der Waals surface area contributed by atoms with Crippen LogP contribution in [0.5, 0.6) is 0 Å². The highest BCUT2D eigenvalue weighted by Gasteiger charge is 2.13. The van der Waals surface area contributed by atoms with Crippen molar-refractivity contribution in [2.75, 3.05) is 0 Å². The summed E-state index contributed by atoms with van der Waals surface area (Å²) in [5.74, 6) is -1.01. The molecule has 0 N–H and O–H groups in total. The predicted molar refractivity (Wildman–Crippen MR) is 94.6 cm³/mol. The predicted octanol–water partition coefficient (Wildman–Crippen LogP) is 4.33. The summed E-state index contributed by atoms with van der Waals surface area (Å²) in [6.07, 6.45) is 3.83. The number of rotatable bonds is 12. The largest absolute Gasteiger partial charge is 0.379 e. The minimum Gasteiger partial charge on any atom is -0.379 e. The van der Waals surface area contributed by atoms with Gasteiger partial charge in [0, 0.05) is 6.07 Å². The summed E-state index contributed by atoms with van der Waals surface area (Å²) in [6, 6.07) is 4.74. The van der Waals surface area contributed by atoms with E-state index in [0.29, 0.717) is 6.42 Å². The van der Waals surface area contributed by atoms with Crippen LogP contribution >= 0.6 is 0 Å². The van der Waals surface area contributed by atoms with Crippen molar-refractivity contribution in [1.29, 1.82) is 0 Å². The molecule has 0 bridgehead atoms. The zero-order chi connectivity index (χ0) is 17.9. The molecule has 0 atom stereocenters. The average Bonchev–Trinajstić information content (AvgIpc) is 2.43. The molecule has 0 unspecified atom stereocenters. The summed E-state index contributed by atoms with van der Waals surface area (Å²) in [5, 5.41) is 0. The Morgan fingerprint density at radius 2 is 1.46 bits per heavy atom. The molecule has 0 spiro atoms. The Morgan fingerprint density at radius 3 is 2.00 bits per heavy atom. The van der Waals surface area contributed by atoms with E-state index >= 15 is 0 Å². The fourth-order valence-electron chi connectivity index (χ4n) is 2.27. The molecule has 1 aromatic rings. The molecule has 0 amide bonds. The van der Waals surface area contributed by atoms with Gasteiger partial charge in [-0.3, -0.25) is 0 Å². The number of unbranched alkanes of at least 4 members (excludes halogenated alkanes) is 2. The second kappa shape index (κ2) is 11.7. The standard InChI is InChI=1S/C18H30F2O3Si/c1-13(2)21-18(22-14(3)4)23-24-9-7-5-6-8-15-10-16(19)12-17(20)11-15/h10-14,18H,5-9,24H2,1-4H3. The zero-order valence-corrected chi connectivity index (χ0v) is 16.6. The van der Waals surface area contributed by atoms with E-state index < -0.39 is 27.9 Å². The van der Waals surface area contributed by atoms with Gasteiger partial charge in [-0.2, -0.15) is 0 Å². The van der Waals surface area contributed by atoms with Gasteiger partial charge >= 0.3 is 0 Å². The second-order valence-electron chi connectivity index (χ2n) is 6.47. The number of ether oxygens (including phenoxy) is 2. The first-order chi connectivity index (χ1) is 11.4. The van der Waals surface area contributed by atoms with E-state index in [4.69, 9.17) is 13.9 Å². The summed E-state index contributed by atoms with van der Waals surface area (Å²) < 4.78 is 43.1. The van der Waals surface area contributed by atoms with Gasteiger partial charge in [0.15, 0.2) is 9.76 Å². The highest BCUT2D eigenvalue weighted by atomic mass is 28.2. The Hall–Kier alpha value is -0.823. The molecular weight excluding hydrogens is 330 g/mol. The Bertz CT molecular complexity index is 439. The maximum absolute atomic E-state index is 13.1. The van der Waals surface area contributed by atoms with Crippen molar-refractivity contribution in [2.45, 2.75) is 78.1 Å². The highest BCUT2D eigenvalue weighted by Crippen LogP contribution is 2.13. The van der Waals surface area contributed by atoms with E-state index in [9.17, 15) is 8.78 Å². The van der Waals surface area contributed by atoms with E-state index in [-0.39, 0.29) is 12.2 Å². The number of halogens is 2. The maximum atomic E-state index is 13.1. The monoisotopic (exact) mass is 360 g/mol. The molecule has 0 heterocycles. The molecule has 0 radical (unpaired) electrons. The molecule has 1 rings (SSSR count). The van der Waals surface area contributed by atoms with Crippen molar-refractivity contribution in [1.82, 2.24) is 0 Å². The lowest BCUT2D eigenvalue weighted by Gasteiger charge is -2.23. The van der Waals surface area contributed by atoms with Crippen LogP contribution in [0.1, 0.15) is 52.5 Å². The smallest absolute Gasteiger partial charge is 0.262 e. The third-order valence-corrected chi connectivity index (χ3v) is 4.60. The lowest BCUT2D eigenvalue weighted by molar-refractivity contribution is -0.275. The molecule has 138 valence electrons. The third-order valence-electron chi connectivity index (χ3n) is 3.30. The van der Waals surface area contributed by atoms with Crippen LogP contribution < -0.4 is 0 Å². The van der Waals surface area contributed by atoms with Gasteiger partial charge in [-0.1, -0.05) is 12.8 Å². The van der Waals surface area contributed by atoms with Crippen LogP contribution in [0.4, 0.5) is 8.78 Å². The third kappa shape index (κ3) is 10.1. The normalized spacial score (nSPS) is 12.4. The van der Waals surface area contributed by atoms with Crippen LogP contribution in [0, 0.1) is 11.6 Å². The fraction of sp³-hybridized carbons (Fsp3) is 0.667. The minimum atomic E-state index is -0.696.